The van der Waals surface area contributed by atoms with Crippen LogP contribution in [0.2, 0.25) is 0 Å². The van der Waals surface area contributed by atoms with Crippen LogP contribution in [0.3, 0.4) is 0 Å². The molecule has 1 aromatic rings. The van der Waals surface area contributed by atoms with Crippen molar-refractivity contribution >= 4 is 24.0 Å². The third-order valence-electron chi connectivity index (χ3n) is 4.75. The zero-order chi connectivity index (χ0) is 19.9. The lowest BCUT2D eigenvalue weighted by atomic mass is 9.81. The summed E-state index contributed by atoms with van der Waals surface area (Å²) < 4.78 is 15.6. The molecule has 1 aromatic carbocycles. The quantitative estimate of drug-likeness (QED) is 0.359. The van der Waals surface area contributed by atoms with E-state index in [1.54, 1.807) is 0 Å². The SMILES string of the molecule is COCCOc1cc([N+](=O)[O-])c(C(=O)NCC2(C)CCNCC2)cc1OC.Cl. The van der Waals surface area contributed by atoms with Crippen LogP contribution in [-0.2, 0) is 4.74 Å². The first kappa shape index (κ1) is 23.9. The van der Waals surface area contributed by atoms with Crippen LogP contribution < -0.4 is 20.1 Å². The van der Waals surface area contributed by atoms with Gasteiger partial charge in [-0.3, -0.25) is 14.9 Å². The lowest BCUT2D eigenvalue weighted by Gasteiger charge is -2.34. The molecule has 10 heteroatoms. The predicted molar refractivity (Wildman–Crippen MR) is 107 cm³/mol. The number of hydrogen-bond acceptors (Lipinski definition) is 7. The van der Waals surface area contributed by atoms with E-state index in [1.807, 2.05) is 0 Å². The van der Waals surface area contributed by atoms with Gasteiger partial charge in [-0.05, 0) is 31.3 Å². The summed E-state index contributed by atoms with van der Waals surface area (Å²) in [5.74, 6) is -0.0405. The summed E-state index contributed by atoms with van der Waals surface area (Å²) in [7, 11) is 2.95. The first-order valence-corrected chi connectivity index (χ1v) is 8.87. The number of piperidine rings is 1. The molecule has 0 spiro atoms. The Labute approximate surface area is 170 Å². The van der Waals surface area contributed by atoms with Crippen molar-refractivity contribution in [3.05, 3.63) is 27.8 Å². The molecule has 28 heavy (non-hydrogen) atoms. The van der Waals surface area contributed by atoms with Gasteiger partial charge in [0.05, 0.1) is 24.7 Å². The van der Waals surface area contributed by atoms with Gasteiger partial charge in [0.15, 0.2) is 11.5 Å². The Morgan fingerprint density at radius 1 is 1.25 bits per heavy atom. The number of halogens is 1. The fraction of sp³-hybridized carbons (Fsp3) is 0.611. The summed E-state index contributed by atoms with van der Waals surface area (Å²) >= 11 is 0. The van der Waals surface area contributed by atoms with E-state index in [0.29, 0.717) is 13.2 Å². The molecule has 0 aromatic heterocycles. The van der Waals surface area contributed by atoms with Crippen molar-refractivity contribution in [2.45, 2.75) is 19.8 Å². The number of nitro groups is 1. The first-order chi connectivity index (χ1) is 12.9. The number of hydrogen-bond donors (Lipinski definition) is 2. The first-order valence-electron chi connectivity index (χ1n) is 8.87. The number of nitro benzene ring substituents is 1. The van der Waals surface area contributed by atoms with Crippen molar-refractivity contribution in [2.24, 2.45) is 5.41 Å². The van der Waals surface area contributed by atoms with Crippen LogP contribution in [0.15, 0.2) is 12.1 Å². The number of amides is 1. The second-order valence-corrected chi connectivity index (χ2v) is 6.86. The topological polar surface area (TPSA) is 112 Å². The van der Waals surface area contributed by atoms with Crippen molar-refractivity contribution < 1.29 is 23.9 Å². The molecule has 0 radical (unpaired) electrons. The largest absolute Gasteiger partial charge is 0.493 e. The van der Waals surface area contributed by atoms with Gasteiger partial charge in [-0.2, -0.15) is 0 Å². The van der Waals surface area contributed by atoms with Crippen LogP contribution in [0, 0.1) is 15.5 Å². The molecule has 1 fully saturated rings. The molecule has 158 valence electrons. The molecular formula is C18H28ClN3O6. The van der Waals surface area contributed by atoms with Gasteiger partial charge < -0.3 is 24.8 Å². The van der Waals surface area contributed by atoms with Gasteiger partial charge in [-0.25, -0.2) is 0 Å². The Hall–Kier alpha value is -2.10. The second-order valence-electron chi connectivity index (χ2n) is 6.86. The molecule has 1 aliphatic heterocycles. The van der Waals surface area contributed by atoms with Gasteiger partial charge in [0, 0.05) is 19.7 Å². The molecule has 1 saturated heterocycles. The van der Waals surface area contributed by atoms with E-state index in [2.05, 4.69) is 17.6 Å². The van der Waals surface area contributed by atoms with Gasteiger partial charge in [0.2, 0.25) is 0 Å². The van der Waals surface area contributed by atoms with Crippen molar-refractivity contribution in [3.63, 3.8) is 0 Å². The molecule has 0 bridgehead atoms. The lowest BCUT2D eigenvalue weighted by Crippen LogP contribution is -2.43. The van der Waals surface area contributed by atoms with Crippen LogP contribution in [0.25, 0.3) is 0 Å². The van der Waals surface area contributed by atoms with E-state index in [0.717, 1.165) is 25.9 Å². The fourth-order valence-corrected chi connectivity index (χ4v) is 2.99. The monoisotopic (exact) mass is 417 g/mol. The van der Waals surface area contributed by atoms with Gasteiger partial charge in [-0.1, -0.05) is 6.92 Å². The Morgan fingerprint density at radius 2 is 1.93 bits per heavy atom. The number of benzene rings is 1. The third kappa shape index (κ3) is 6.22. The van der Waals surface area contributed by atoms with E-state index < -0.39 is 10.8 Å². The molecular weight excluding hydrogens is 390 g/mol. The number of nitrogens with one attached hydrogen (secondary N) is 2. The fourth-order valence-electron chi connectivity index (χ4n) is 2.99. The number of ether oxygens (including phenoxy) is 3. The third-order valence-corrected chi connectivity index (χ3v) is 4.75. The Bertz CT molecular complexity index is 680. The normalized spacial score (nSPS) is 15.2. The Morgan fingerprint density at radius 3 is 2.50 bits per heavy atom. The maximum absolute atomic E-state index is 12.6. The van der Waals surface area contributed by atoms with Crippen molar-refractivity contribution in [2.75, 3.05) is 47.1 Å². The maximum atomic E-state index is 12.6. The standard InChI is InChI=1S/C18H27N3O6.ClH/c1-18(4-6-19-7-5-18)12-20-17(22)13-10-15(26-3)16(27-9-8-25-2)11-14(13)21(23)24;/h10-11,19H,4-9,12H2,1-3H3,(H,20,22);1H. The molecule has 0 aliphatic carbocycles. The van der Waals surface area contributed by atoms with Gasteiger partial charge in [0.25, 0.3) is 11.6 Å². The number of carbonyl (C=O) groups is 1. The molecule has 2 rings (SSSR count). The number of nitrogens with zero attached hydrogens (tertiary/aromatic N) is 1. The highest BCUT2D eigenvalue weighted by atomic mass is 35.5. The van der Waals surface area contributed by atoms with E-state index in [9.17, 15) is 14.9 Å². The van der Waals surface area contributed by atoms with Crippen LogP contribution in [-0.4, -0.2) is 57.9 Å². The molecule has 2 N–H and O–H groups in total. The van der Waals surface area contributed by atoms with Crippen LogP contribution in [0.1, 0.15) is 30.1 Å². The molecule has 0 saturated carbocycles. The van der Waals surface area contributed by atoms with E-state index in [4.69, 9.17) is 14.2 Å². The maximum Gasteiger partial charge on any atom is 0.286 e. The highest BCUT2D eigenvalue weighted by Gasteiger charge is 2.29. The van der Waals surface area contributed by atoms with E-state index in [1.165, 1.54) is 26.4 Å². The number of methoxy groups -OCH3 is 2. The van der Waals surface area contributed by atoms with E-state index in [-0.39, 0.29) is 47.2 Å². The van der Waals surface area contributed by atoms with Crippen LogP contribution in [0.5, 0.6) is 11.5 Å². The van der Waals surface area contributed by atoms with Gasteiger partial charge in [0.1, 0.15) is 12.2 Å². The van der Waals surface area contributed by atoms with Gasteiger partial charge >= 0.3 is 0 Å². The highest BCUT2D eigenvalue weighted by molar-refractivity contribution is 5.99. The van der Waals surface area contributed by atoms with Gasteiger partial charge in [-0.15, -0.1) is 12.4 Å². The average Bonchev–Trinajstić information content (AvgIpc) is 2.66. The predicted octanol–water partition coefficient (Wildman–Crippen LogP) is 2.17. The smallest absolute Gasteiger partial charge is 0.286 e. The zero-order valence-corrected chi connectivity index (χ0v) is 17.2. The van der Waals surface area contributed by atoms with Crippen LogP contribution >= 0.6 is 12.4 Å². The summed E-state index contributed by atoms with van der Waals surface area (Å²) in [6.07, 6.45) is 1.87. The average molecular weight is 418 g/mol. The minimum atomic E-state index is -0.593. The number of carbonyl (C=O) groups excluding carboxylic acids is 1. The molecule has 1 aliphatic rings. The van der Waals surface area contributed by atoms with Crippen molar-refractivity contribution in [3.8, 4) is 11.5 Å². The summed E-state index contributed by atoms with van der Waals surface area (Å²) in [5.41, 5.74) is -0.396. The Balaban J connectivity index is 0.00000392. The minimum absolute atomic E-state index is 0. The molecule has 1 amide bonds. The summed E-state index contributed by atoms with van der Waals surface area (Å²) in [6.45, 7) is 4.89. The summed E-state index contributed by atoms with van der Waals surface area (Å²) in [5, 5.41) is 17.6. The molecule has 1 heterocycles. The zero-order valence-electron chi connectivity index (χ0n) is 16.4. The van der Waals surface area contributed by atoms with Crippen LogP contribution in [0.4, 0.5) is 5.69 Å². The Kier molecular flexibility index (Phi) is 9.44. The second kappa shape index (κ2) is 11.0. The van der Waals surface area contributed by atoms with Crippen molar-refractivity contribution in [1.29, 1.82) is 0 Å². The molecule has 9 nitrogen and oxygen atoms in total. The summed E-state index contributed by atoms with van der Waals surface area (Å²) in [6, 6.07) is 2.57. The molecule has 0 atom stereocenters. The number of rotatable bonds is 9. The summed E-state index contributed by atoms with van der Waals surface area (Å²) in [4.78, 5) is 23.5. The van der Waals surface area contributed by atoms with E-state index >= 15 is 0 Å². The lowest BCUT2D eigenvalue weighted by molar-refractivity contribution is -0.385. The highest BCUT2D eigenvalue weighted by Crippen LogP contribution is 2.35. The van der Waals surface area contributed by atoms with Crippen molar-refractivity contribution in [1.82, 2.24) is 10.6 Å². The molecule has 0 unspecified atom stereocenters. The minimum Gasteiger partial charge on any atom is -0.493 e.